The van der Waals surface area contributed by atoms with E-state index in [2.05, 4.69) is 57.6 Å². The highest BCUT2D eigenvalue weighted by molar-refractivity contribution is 5.47. The van der Waals surface area contributed by atoms with Crippen molar-refractivity contribution < 1.29 is 0 Å². The lowest BCUT2D eigenvalue weighted by atomic mass is 10.0. The van der Waals surface area contributed by atoms with Crippen LogP contribution in [0.1, 0.15) is 51.7 Å². The number of anilines is 1. The lowest BCUT2D eigenvalue weighted by molar-refractivity contribution is 0.501. The Hall–Kier alpha value is -1.09. The summed E-state index contributed by atoms with van der Waals surface area (Å²) in [7, 11) is 2.14. The van der Waals surface area contributed by atoms with Crippen LogP contribution in [0.15, 0.2) is 12.3 Å². The predicted octanol–water partition coefficient (Wildman–Crippen LogP) is 3.54. The lowest BCUT2D eigenvalue weighted by Crippen LogP contribution is -2.31. The first-order chi connectivity index (χ1) is 9.35. The molecule has 114 valence electrons. The highest BCUT2D eigenvalue weighted by Gasteiger charge is 2.15. The Balaban J connectivity index is 2.81. The van der Waals surface area contributed by atoms with E-state index in [-0.39, 0.29) is 6.04 Å². The van der Waals surface area contributed by atoms with Gasteiger partial charge in [0.15, 0.2) is 0 Å². The fourth-order valence-electron chi connectivity index (χ4n) is 2.60. The van der Waals surface area contributed by atoms with Crippen LogP contribution in [0.5, 0.6) is 0 Å². The summed E-state index contributed by atoms with van der Waals surface area (Å²) in [6, 6.07) is 2.97. The summed E-state index contributed by atoms with van der Waals surface area (Å²) in [6.45, 7) is 11.1. The van der Waals surface area contributed by atoms with Crippen LogP contribution in [0.3, 0.4) is 0 Å². The number of pyridine rings is 1. The second-order valence-corrected chi connectivity index (χ2v) is 6.45. The van der Waals surface area contributed by atoms with Gasteiger partial charge >= 0.3 is 0 Å². The van der Waals surface area contributed by atoms with Gasteiger partial charge in [0, 0.05) is 25.3 Å². The fourth-order valence-corrected chi connectivity index (χ4v) is 2.60. The lowest BCUT2D eigenvalue weighted by Gasteiger charge is -2.28. The molecule has 0 saturated heterocycles. The summed E-state index contributed by atoms with van der Waals surface area (Å²) in [6.07, 6.45) is 5.08. The Bertz CT molecular complexity index is 415. The van der Waals surface area contributed by atoms with Crippen LogP contribution in [0, 0.1) is 12.8 Å². The minimum absolute atomic E-state index is 0.236. The third-order valence-corrected chi connectivity index (χ3v) is 3.94. The van der Waals surface area contributed by atoms with Crippen molar-refractivity contribution in [3.05, 3.63) is 23.4 Å². The molecule has 2 unspecified atom stereocenters. The minimum Gasteiger partial charge on any atom is -0.357 e. The molecule has 1 aromatic rings. The van der Waals surface area contributed by atoms with Crippen molar-refractivity contribution in [2.45, 2.75) is 66.0 Å². The summed E-state index contributed by atoms with van der Waals surface area (Å²) >= 11 is 0. The second kappa shape index (κ2) is 7.63. The molecule has 3 heteroatoms. The quantitative estimate of drug-likeness (QED) is 0.829. The predicted molar refractivity (Wildman–Crippen MR) is 88.3 cm³/mol. The normalized spacial score (nSPS) is 14.4. The molecule has 0 fully saturated rings. The van der Waals surface area contributed by atoms with Gasteiger partial charge in [0.1, 0.15) is 5.82 Å². The van der Waals surface area contributed by atoms with E-state index in [4.69, 9.17) is 5.73 Å². The topological polar surface area (TPSA) is 42.1 Å². The highest BCUT2D eigenvalue weighted by Crippen LogP contribution is 2.22. The molecule has 20 heavy (non-hydrogen) atoms. The van der Waals surface area contributed by atoms with Gasteiger partial charge in [0.25, 0.3) is 0 Å². The largest absolute Gasteiger partial charge is 0.357 e. The maximum atomic E-state index is 6.02. The van der Waals surface area contributed by atoms with Gasteiger partial charge in [-0.1, -0.05) is 26.8 Å². The molecule has 0 aliphatic rings. The van der Waals surface area contributed by atoms with Gasteiger partial charge in [-0.15, -0.1) is 0 Å². The zero-order valence-corrected chi connectivity index (χ0v) is 14.0. The highest BCUT2D eigenvalue weighted by atomic mass is 15.2. The van der Waals surface area contributed by atoms with Gasteiger partial charge in [-0.2, -0.15) is 0 Å². The molecular formula is C17H31N3. The maximum Gasteiger partial charge on any atom is 0.131 e. The maximum absolute atomic E-state index is 6.02. The number of hydrogen-bond donors (Lipinski definition) is 1. The van der Waals surface area contributed by atoms with Crippen molar-refractivity contribution in [3.8, 4) is 0 Å². The van der Waals surface area contributed by atoms with E-state index < -0.39 is 0 Å². The molecule has 1 heterocycles. The molecule has 0 saturated carbocycles. The molecule has 3 nitrogen and oxygen atoms in total. The number of aromatic nitrogens is 1. The third-order valence-electron chi connectivity index (χ3n) is 3.94. The van der Waals surface area contributed by atoms with Crippen LogP contribution in [0.4, 0.5) is 5.82 Å². The first-order valence-corrected chi connectivity index (χ1v) is 7.79. The SMILES string of the molecule is CCC(N)Cc1cnc(N(C)C(C)CC(C)C)c(C)c1. The molecule has 0 aliphatic carbocycles. The van der Waals surface area contributed by atoms with Crippen LogP contribution in [-0.4, -0.2) is 24.1 Å². The molecule has 2 atom stereocenters. The second-order valence-electron chi connectivity index (χ2n) is 6.45. The van der Waals surface area contributed by atoms with Crippen molar-refractivity contribution in [2.24, 2.45) is 11.7 Å². The number of rotatable bonds is 7. The molecule has 0 radical (unpaired) electrons. The van der Waals surface area contributed by atoms with Crippen LogP contribution in [0.2, 0.25) is 0 Å². The van der Waals surface area contributed by atoms with Gasteiger partial charge in [0.2, 0.25) is 0 Å². The number of nitrogens with zero attached hydrogens (tertiary/aromatic N) is 2. The summed E-state index contributed by atoms with van der Waals surface area (Å²) in [4.78, 5) is 6.95. The summed E-state index contributed by atoms with van der Waals surface area (Å²) in [5.74, 6) is 1.79. The number of hydrogen-bond acceptors (Lipinski definition) is 3. The van der Waals surface area contributed by atoms with Crippen molar-refractivity contribution in [2.75, 3.05) is 11.9 Å². The Morgan fingerprint density at radius 2 is 1.95 bits per heavy atom. The molecule has 1 aromatic heterocycles. The monoisotopic (exact) mass is 277 g/mol. The zero-order chi connectivity index (χ0) is 15.3. The Morgan fingerprint density at radius 3 is 2.45 bits per heavy atom. The van der Waals surface area contributed by atoms with Crippen molar-refractivity contribution >= 4 is 5.82 Å². The molecule has 1 rings (SSSR count). The van der Waals surface area contributed by atoms with Crippen molar-refractivity contribution in [3.63, 3.8) is 0 Å². The van der Waals surface area contributed by atoms with Gasteiger partial charge in [0.05, 0.1) is 0 Å². The molecule has 0 bridgehead atoms. The summed E-state index contributed by atoms with van der Waals surface area (Å²) in [5, 5.41) is 0. The summed E-state index contributed by atoms with van der Waals surface area (Å²) in [5.41, 5.74) is 8.50. The Labute approximate surface area is 124 Å². The smallest absolute Gasteiger partial charge is 0.131 e. The van der Waals surface area contributed by atoms with Crippen LogP contribution in [0.25, 0.3) is 0 Å². The average molecular weight is 277 g/mol. The van der Waals surface area contributed by atoms with Crippen molar-refractivity contribution in [1.29, 1.82) is 0 Å². The fraction of sp³-hybridized carbons (Fsp3) is 0.706. The Kier molecular flexibility index (Phi) is 6.47. The van der Waals surface area contributed by atoms with Gasteiger partial charge in [-0.3, -0.25) is 0 Å². The molecule has 2 N–H and O–H groups in total. The van der Waals surface area contributed by atoms with E-state index in [1.807, 2.05) is 6.20 Å². The molecular weight excluding hydrogens is 246 g/mol. The number of nitrogens with two attached hydrogens (primary N) is 1. The number of aryl methyl sites for hydroxylation is 1. The van der Waals surface area contributed by atoms with Gasteiger partial charge in [-0.05, 0) is 50.2 Å². The van der Waals surface area contributed by atoms with Gasteiger partial charge < -0.3 is 10.6 Å². The van der Waals surface area contributed by atoms with E-state index in [1.54, 1.807) is 0 Å². The van der Waals surface area contributed by atoms with Crippen LogP contribution in [-0.2, 0) is 6.42 Å². The minimum atomic E-state index is 0.236. The first kappa shape index (κ1) is 17.0. The average Bonchev–Trinajstić information content (AvgIpc) is 2.37. The van der Waals surface area contributed by atoms with E-state index >= 15 is 0 Å². The van der Waals surface area contributed by atoms with E-state index in [9.17, 15) is 0 Å². The van der Waals surface area contributed by atoms with Crippen molar-refractivity contribution in [1.82, 2.24) is 4.98 Å². The molecule has 0 aliphatic heterocycles. The van der Waals surface area contributed by atoms with E-state index in [0.717, 1.165) is 18.7 Å². The first-order valence-electron chi connectivity index (χ1n) is 7.79. The van der Waals surface area contributed by atoms with E-state index in [1.165, 1.54) is 17.5 Å². The standard InChI is InChI=1S/C17H31N3/c1-7-16(18)10-15-9-13(4)17(19-11-15)20(6)14(5)8-12(2)3/h9,11-12,14,16H,7-8,10,18H2,1-6H3. The summed E-state index contributed by atoms with van der Waals surface area (Å²) < 4.78 is 0. The third kappa shape index (κ3) is 4.78. The van der Waals surface area contributed by atoms with Gasteiger partial charge in [-0.25, -0.2) is 4.98 Å². The molecule has 0 aromatic carbocycles. The van der Waals surface area contributed by atoms with Crippen LogP contribution >= 0.6 is 0 Å². The molecule has 0 spiro atoms. The Morgan fingerprint density at radius 1 is 1.30 bits per heavy atom. The zero-order valence-electron chi connectivity index (χ0n) is 14.0. The molecule has 0 amide bonds. The van der Waals surface area contributed by atoms with Crippen LogP contribution < -0.4 is 10.6 Å². The van der Waals surface area contributed by atoms with E-state index in [0.29, 0.717) is 12.0 Å².